The van der Waals surface area contributed by atoms with Crippen LogP contribution in [-0.2, 0) is 47.5 Å². The summed E-state index contributed by atoms with van der Waals surface area (Å²) in [5.74, 6) is 0. The predicted octanol–water partition coefficient (Wildman–Crippen LogP) is -11.4. The summed E-state index contributed by atoms with van der Waals surface area (Å²) >= 11 is 0. The molecule has 4 N–H and O–H groups in total. The van der Waals surface area contributed by atoms with E-state index in [1.165, 1.54) is 0 Å². The zero-order chi connectivity index (χ0) is 10.7. The SMILES string of the molecule is O.O.O=[Si]([O-])[O-].O=[Si]([O-])[O-].O=[Si]([O-])[O-].[Al+3].[Al+3].[Fe].[Fe].[H-].[H-].[H-].[H-].[Mg+2].[Mg+2]. The molecule has 0 aromatic carbocycles. The van der Waals surface area contributed by atoms with Crippen LogP contribution in [0.25, 0.3) is 0 Å². The summed E-state index contributed by atoms with van der Waals surface area (Å²) in [4.78, 5) is 51.1. The topological polar surface area (TPSA) is 253 Å². The van der Waals surface area contributed by atoms with Gasteiger partial charge >= 0.3 is 80.8 Å². The van der Waals surface area contributed by atoms with E-state index < -0.39 is 27.5 Å². The van der Waals surface area contributed by atoms with Crippen LogP contribution in [0, 0.1) is 0 Å². The fraction of sp³-hybridized carbons (Fsp3) is 0. The number of hydrogen-bond donors (Lipinski definition) is 0. The molecular formula is H8Al2Fe2Mg2O11Si3. The van der Waals surface area contributed by atoms with E-state index in [9.17, 15) is 0 Å². The first-order valence-corrected chi connectivity index (χ1v) is 5.51. The Kier molecular flexibility index (Phi) is 270. The molecule has 0 spiro atoms. The molecule has 0 aromatic rings. The molecule has 0 atom stereocenters. The molecule has 112 valence electrons. The average molecular weight is 483 g/mol. The molecule has 0 aliphatic rings. The first-order valence-electron chi connectivity index (χ1n) is 1.84. The second-order valence-corrected chi connectivity index (χ2v) is 2.25. The molecule has 0 fully saturated rings. The van der Waals surface area contributed by atoms with Gasteiger partial charge in [-0.2, -0.15) is 0 Å². The smallest absolute Gasteiger partial charge is 1.00 e. The van der Waals surface area contributed by atoms with E-state index >= 15 is 0 Å². The maximum absolute atomic E-state index is 8.52. The number of rotatable bonds is 0. The van der Waals surface area contributed by atoms with Gasteiger partial charge < -0.3 is 58.8 Å². The molecule has 0 amide bonds. The van der Waals surface area contributed by atoms with Gasteiger partial charge in [0, 0.05) is 61.6 Å². The van der Waals surface area contributed by atoms with Crippen molar-refractivity contribution >= 4 is 108 Å². The Balaban J connectivity index is -0.00000000312. The van der Waals surface area contributed by atoms with Crippen LogP contribution < -0.4 is 28.8 Å². The van der Waals surface area contributed by atoms with E-state index in [4.69, 9.17) is 42.2 Å². The molecule has 0 aliphatic carbocycles. The Morgan fingerprint density at radius 1 is 0.550 bits per heavy atom. The van der Waals surface area contributed by atoms with Crippen LogP contribution in [0.2, 0.25) is 0 Å². The molecular weight excluding hydrogens is 475 g/mol. The van der Waals surface area contributed by atoms with E-state index in [0.717, 1.165) is 0 Å². The molecule has 0 bridgehead atoms. The van der Waals surface area contributed by atoms with Gasteiger partial charge in [0.2, 0.25) is 0 Å². The van der Waals surface area contributed by atoms with Gasteiger partial charge in [-0.1, -0.05) is 0 Å². The van der Waals surface area contributed by atoms with Crippen LogP contribution >= 0.6 is 0 Å². The second-order valence-electron chi connectivity index (χ2n) is 0.750. The van der Waals surface area contributed by atoms with Crippen molar-refractivity contribution < 1.29 is 93.0 Å². The van der Waals surface area contributed by atoms with E-state index in [2.05, 4.69) is 0 Å². The van der Waals surface area contributed by atoms with Crippen molar-refractivity contribution in [1.82, 2.24) is 0 Å². The number of hydrogen-bond acceptors (Lipinski definition) is 9. The average Bonchev–Trinajstić information content (AvgIpc) is 1.54. The first-order chi connectivity index (χ1) is 5.20. The van der Waals surface area contributed by atoms with Crippen LogP contribution in [0.1, 0.15) is 5.71 Å². The molecule has 0 unspecified atom stereocenters. The van der Waals surface area contributed by atoms with Crippen molar-refractivity contribution in [1.29, 1.82) is 0 Å². The van der Waals surface area contributed by atoms with E-state index in [1.807, 2.05) is 0 Å². The first kappa shape index (κ1) is 78.9. The summed E-state index contributed by atoms with van der Waals surface area (Å²) in [5, 5.41) is 0. The van der Waals surface area contributed by atoms with Gasteiger partial charge in [-0.05, 0) is 0 Å². The van der Waals surface area contributed by atoms with E-state index in [0.29, 0.717) is 0 Å². The fourth-order valence-electron chi connectivity index (χ4n) is 0. The third kappa shape index (κ3) is 1330. The summed E-state index contributed by atoms with van der Waals surface area (Å²) < 4.78 is 25.6. The van der Waals surface area contributed by atoms with E-state index in [1.54, 1.807) is 0 Å². The molecule has 0 aromatic heterocycles. The molecule has 0 saturated heterocycles. The second kappa shape index (κ2) is 68.5. The minimum absolute atomic E-state index is 0. The largest absolute Gasteiger partial charge is 3.00 e. The molecule has 11 nitrogen and oxygen atoms in total. The minimum atomic E-state index is -3.63. The van der Waals surface area contributed by atoms with Gasteiger partial charge in [0.15, 0.2) is 0 Å². The van der Waals surface area contributed by atoms with Crippen LogP contribution in [-0.4, -0.2) is 119 Å². The van der Waals surface area contributed by atoms with Gasteiger partial charge in [0.25, 0.3) is 0 Å². The summed E-state index contributed by atoms with van der Waals surface area (Å²) in [6.07, 6.45) is 0. The monoisotopic (exact) mass is 482 g/mol. The van der Waals surface area contributed by atoms with Gasteiger partial charge in [-0.3, -0.25) is 0 Å². The van der Waals surface area contributed by atoms with Crippen molar-refractivity contribution in [2.45, 2.75) is 0 Å². The quantitative estimate of drug-likeness (QED) is 0.296. The summed E-state index contributed by atoms with van der Waals surface area (Å²) in [6, 6.07) is 0. The Bertz CT molecular complexity index is 151. The van der Waals surface area contributed by atoms with Gasteiger partial charge in [-0.25, -0.2) is 0 Å². The van der Waals surface area contributed by atoms with Crippen molar-refractivity contribution in [3.8, 4) is 0 Å². The molecule has 20 heavy (non-hydrogen) atoms. The maximum Gasteiger partial charge on any atom is 3.00 e. The molecule has 0 rings (SSSR count). The van der Waals surface area contributed by atoms with Crippen LogP contribution in [0.5, 0.6) is 0 Å². The van der Waals surface area contributed by atoms with Crippen LogP contribution in [0.3, 0.4) is 0 Å². The predicted molar refractivity (Wildman–Crippen MR) is 54.0 cm³/mol. The van der Waals surface area contributed by atoms with Crippen molar-refractivity contribution in [3.63, 3.8) is 0 Å². The Morgan fingerprint density at radius 3 is 0.550 bits per heavy atom. The molecule has 0 heterocycles. The maximum atomic E-state index is 8.52. The molecule has 0 radical (unpaired) electrons. The Morgan fingerprint density at radius 2 is 0.550 bits per heavy atom. The molecule has 20 heteroatoms. The third-order valence-corrected chi connectivity index (χ3v) is 0. The normalized spacial score (nSPS) is 3.60. The molecule has 0 aliphatic heterocycles. The minimum Gasteiger partial charge on any atom is -1.00 e. The van der Waals surface area contributed by atoms with Crippen molar-refractivity contribution in [2.24, 2.45) is 0 Å². The summed E-state index contributed by atoms with van der Waals surface area (Å²) in [7, 11) is -10.9. The Hall–Kier alpha value is 2.41. The van der Waals surface area contributed by atoms with Gasteiger partial charge in [-0.15, -0.1) is 0 Å². The van der Waals surface area contributed by atoms with E-state index in [-0.39, 0.29) is 132 Å². The zero-order valence-electron chi connectivity index (χ0n) is 13.5. The fourth-order valence-corrected chi connectivity index (χ4v) is 0. The molecule has 0 saturated carbocycles. The third-order valence-electron chi connectivity index (χ3n) is 0. The standard InChI is InChI=1S/2Al.2Fe.2Mg.3O3Si.2H2O.4H/c;;;;;;3*1-4(2)3;;;;;;/h;;;;;;;;;2*1H2;;;;/q2*+3;;;2*+2;3*-2;;;4*-1. The van der Waals surface area contributed by atoms with Crippen LogP contribution in [0.4, 0.5) is 0 Å². The van der Waals surface area contributed by atoms with Gasteiger partial charge in [0.05, 0.1) is 0 Å². The zero-order valence-corrected chi connectivity index (χ0v) is 19.8. The Labute approximate surface area is 199 Å². The summed E-state index contributed by atoms with van der Waals surface area (Å²) in [5.41, 5.74) is 0. The van der Waals surface area contributed by atoms with Crippen LogP contribution in [0.15, 0.2) is 0 Å². The van der Waals surface area contributed by atoms with Crippen molar-refractivity contribution in [3.05, 3.63) is 0 Å². The van der Waals surface area contributed by atoms with Crippen molar-refractivity contribution in [2.75, 3.05) is 0 Å². The van der Waals surface area contributed by atoms with Gasteiger partial charge in [0.1, 0.15) is 0 Å². The summed E-state index contributed by atoms with van der Waals surface area (Å²) in [6.45, 7) is 0.